The maximum absolute atomic E-state index is 6.13. The van der Waals surface area contributed by atoms with E-state index in [0.29, 0.717) is 17.7 Å². The van der Waals surface area contributed by atoms with Crippen LogP contribution in [0.1, 0.15) is 11.1 Å². The summed E-state index contributed by atoms with van der Waals surface area (Å²) in [5.74, 6) is 1.78. The second-order valence-corrected chi connectivity index (χ2v) is 11.8. The predicted molar refractivity (Wildman–Crippen MR) is 190 cm³/mol. The van der Waals surface area contributed by atoms with Crippen LogP contribution in [0.4, 0.5) is 17.1 Å². The van der Waals surface area contributed by atoms with Crippen molar-refractivity contribution in [3.63, 3.8) is 0 Å². The fraction of sp³-hybridized carbons (Fsp3) is 0.0488. The first kappa shape index (κ1) is 27.8. The first-order valence-electron chi connectivity index (χ1n) is 15.8. The van der Waals surface area contributed by atoms with Crippen molar-refractivity contribution < 1.29 is 13.3 Å². The van der Waals surface area contributed by atoms with Gasteiger partial charge in [0.05, 0.1) is 5.69 Å². The highest BCUT2D eigenvalue weighted by molar-refractivity contribution is 5.85. The van der Waals surface area contributed by atoms with E-state index in [4.69, 9.17) is 28.2 Å². The van der Waals surface area contributed by atoms with Crippen LogP contribution in [0.15, 0.2) is 147 Å². The van der Waals surface area contributed by atoms with Crippen molar-refractivity contribution in [2.24, 2.45) is 0 Å². The molecule has 0 aliphatic rings. The van der Waals surface area contributed by atoms with E-state index < -0.39 is 0 Å². The number of aryl methyl sites for hydroxylation is 2. The number of oxazole rings is 3. The van der Waals surface area contributed by atoms with Crippen molar-refractivity contribution in [3.8, 4) is 34.4 Å². The van der Waals surface area contributed by atoms with E-state index in [-0.39, 0.29) is 0 Å². The van der Waals surface area contributed by atoms with Crippen LogP contribution in [0.25, 0.3) is 67.7 Å². The van der Waals surface area contributed by atoms with Gasteiger partial charge in [0, 0.05) is 28.1 Å². The Labute approximate surface area is 275 Å². The van der Waals surface area contributed by atoms with Gasteiger partial charge in [-0.3, -0.25) is 0 Å². The molecule has 0 atom stereocenters. The lowest BCUT2D eigenvalue weighted by molar-refractivity contribution is 0.619. The van der Waals surface area contributed by atoms with Crippen molar-refractivity contribution in [2.45, 2.75) is 13.8 Å². The fourth-order valence-electron chi connectivity index (χ4n) is 6.33. The molecular formula is C41H28N4O3. The third kappa shape index (κ3) is 4.80. The van der Waals surface area contributed by atoms with Crippen LogP contribution in [-0.4, -0.2) is 15.0 Å². The second-order valence-electron chi connectivity index (χ2n) is 11.8. The van der Waals surface area contributed by atoms with Crippen LogP contribution in [0, 0.1) is 13.8 Å². The van der Waals surface area contributed by atoms with Crippen LogP contribution in [-0.2, 0) is 0 Å². The summed E-state index contributed by atoms with van der Waals surface area (Å²) in [7, 11) is 0. The van der Waals surface area contributed by atoms with Crippen LogP contribution in [0.5, 0.6) is 0 Å². The minimum Gasteiger partial charge on any atom is -0.436 e. The Morgan fingerprint density at radius 1 is 0.417 bits per heavy atom. The van der Waals surface area contributed by atoms with E-state index in [9.17, 15) is 0 Å². The van der Waals surface area contributed by atoms with Crippen molar-refractivity contribution in [3.05, 3.63) is 145 Å². The van der Waals surface area contributed by atoms with Crippen molar-refractivity contribution in [1.29, 1.82) is 0 Å². The molecule has 0 aliphatic heterocycles. The molecule has 0 aliphatic carbocycles. The largest absolute Gasteiger partial charge is 0.436 e. The summed E-state index contributed by atoms with van der Waals surface area (Å²) in [4.78, 5) is 16.4. The number of nitrogens with zero attached hydrogens (tertiary/aromatic N) is 4. The summed E-state index contributed by atoms with van der Waals surface area (Å²) in [6.07, 6.45) is 0. The number of benzene rings is 6. The highest BCUT2D eigenvalue weighted by Gasteiger charge is 2.21. The topological polar surface area (TPSA) is 81.3 Å². The second kappa shape index (κ2) is 11.1. The van der Waals surface area contributed by atoms with Gasteiger partial charge >= 0.3 is 0 Å². The molecule has 0 spiro atoms. The summed E-state index contributed by atoms with van der Waals surface area (Å²) in [5.41, 5.74) is 12.8. The average molecular weight is 625 g/mol. The number of rotatable bonds is 6. The minimum atomic E-state index is 0.590. The Hall–Kier alpha value is -6.47. The SMILES string of the molecule is Cc1cc(-c2nc3ccccc3o2)cc(C)c1N(c1ccc(-c2nc3ccccc3o2)cc1)c1ccc(-c2nc3ccccc3o2)cc1. The third-order valence-electron chi connectivity index (χ3n) is 8.59. The van der Waals surface area contributed by atoms with Crippen LogP contribution in [0.3, 0.4) is 0 Å². The molecule has 230 valence electrons. The fourth-order valence-corrected chi connectivity index (χ4v) is 6.33. The average Bonchev–Trinajstić information content (AvgIpc) is 3.87. The van der Waals surface area contributed by atoms with Gasteiger partial charge in [-0.2, -0.15) is 0 Å². The lowest BCUT2D eigenvalue weighted by Crippen LogP contribution is -2.13. The van der Waals surface area contributed by atoms with Gasteiger partial charge in [0.2, 0.25) is 17.7 Å². The zero-order chi connectivity index (χ0) is 32.2. The number of aromatic nitrogens is 3. The van der Waals surface area contributed by atoms with Crippen LogP contribution < -0.4 is 4.90 Å². The summed E-state index contributed by atoms with van der Waals surface area (Å²) in [6, 6.07) is 44.3. The zero-order valence-electron chi connectivity index (χ0n) is 26.2. The molecule has 6 aromatic carbocycles. The molecule has 7 nitrogen and oxygen atoms in total. The molecule has 9 aromatic rings. The first-order chi connectivity index (χ1) is 23.6. The van der Waals surface area contributed by atoms with E-state index in [2.05, 4.69) is 79.4 Å². The van der Waals surface area contributed by atoms with Crippen molar-refractivity contribution in [1.82, 2.24) is 15.0 Å². The summed E-state index contributed by atoms with van der Waals surface area (Å²) >= 11 is 0. The quantitative estimate of drug-likeness (QED) is 0.182. The van der Waals surface area contributed by atoms with Gasteiger partial charge in [0.25, 0.3) is 0 Å². The third-order valence-corrected chi connectivity index (χ3v) is 8.59. The molecule has 0 radical (unpaired) electrons. The molecule has 3 aromatic heterocycles. The molecule has 0 fully saturated rings. The van der Waals surface area contributed by atoms with Crippen LogP contribution >= 0.6 is 0 Å². The van der Waals surface area contributed by atoms with Gasteiger partial charge in [-0.25, -0.2) is 15.0 Å². The lowest BCUT2D eigenvalue weighted by atomic mass is 10.0. The Morgan fingerprint density at radius 2 is 0.771 bits per heavy atom. The summed E-state index contributed by atoms with van der Waals surface area (Å²) in [5, 5.41) is 0. The van der Waals surface area contributed by atoms with E-state index in [1.54, 1.807) is 0 Å². The Kier molecular flexibility index (Phi) is 6.43. The highest BCUT2D eigenvalue weighted by atomic mass is 16.4. The Morgan fingerprint density at radius 3 is 1.15 bits per heavy atom. The summed E-state index contributed by atoms with van der Waals surface area (Å²) < 4.78 is 18.3. The molecule has 3 heterocycles. The molecular weight excluding hydrogens is 596 g/mol. The highest BCUT2D eigenvalue weighted by Crippen LogP contribution is 2.42. The van der Waals surface area contributed by atoms with Gasteiger partial charge in [-0.05, 0) is 122 Å². The van der Waals surface area contributed by atoms with Gasteiger partial charge in [-0.15, -0.1) is 0 Å². The first-order valence-corrected chi connectivity index (χ1v) is 15.8. The number of fused-ring (bicyclic) bond motifs is 3. The van der Waals surface area contributed by atoms with Gasteiger partial charge in [0.15, 0.2) is 16.7 Å². The van der Waals surface area contributed by atoms with Crippen molar-refractivity contribution >= 4 is 50.4 Å². The Balaban J connectivity index is 1.14. The predicted octanol–water partition coefficient (Wildman–Crippen LogP) is 11.2. The number of hydrogen-bond acceptors (Lipinski definition) is 7. The van der Waals surface area contributed by atoms with Crippen LogP contribution in [0.2, 0.25) is 0 Å². The monoisotopic (exact) mass is 624 g/mol. The lowest BCUT2D eigenvalue weighted by Gasteiger charge is -2.29. The summed E-state index contributed by atoms with van der Waals surface area (Å²) in [6.45, 7) is 4.25. The number of para-hydroxylation sites is 6. The smallest absolute Gasteiger partial charge is 0.227 e. The van der Waals surface area contributed by atoms with Gasteiger partial charge < -0.3 is 18.2 Å². The van der Waals surface area contributed by atoms with E-state index in [0.717, 1.165) is 78.2 Å². The number of hydrogen-bond donors (Lipinski definition) is 0. The molecule has 9 rings (SSSR count). The minimum absolute atomic E-state index is 0.590. The maximum atomic E-state index is 6.13. The van der Waals surface area contributed by atoms with E-state index >= 15 is 0 Å². The zero-order valence-corrected chi connectivity index (χ0v) is 26.2. The molecule has 0 unspecified atom stereocenters. The standard InChI is InChI=1S/C41H28N4O3/c1-25-23-29(41-44-34-11-5-8-14-37(34)48-41)24-26(2)38(25)45(30-19-15-27(16-20-30)39-42-32-9-3-6-12-35(32)46-39)31-21-17-28(18-22-31)40-43-33-10-4-7-13-36(33)47-40/h3-24H,1-2H3. The van der Waals surface area contributed by atoms with Gasteiger partial charge in [-0.1, -0.05) is 36.4 Å². The van der Waals surface area contributed by atoms with E-state index in [1.807, 2.05) is 72.8 Å². The molecule has 0 amide bonds. The number of anilines is 3. The molecule has 0 saturated heterocycles. The molecule has 0 bridgehead atoms. The van der Waals surface area contributed by atoms with Crippen molar-refractivity contribution in [2.75, 3.05) is 4.90 Å². The Bertz CT molecular complexity index is 2350. The maximum Gasteiger partial charge on any atom is 0.227 e. The molecule has 0 N–H and O–H groups in total. The van der Waals surface area contributed by atoms with E-state index in [1.165, 1.54) is 0 Å². The molecule has 48 heavy (non-hydrogen) atoms. The molecule has 7 heteroatoms. The van der Waals surface area contributed by atoms with Gasteiger partial charge in [0.1, 0.15) is 16.6 Å². The normalized spacial score (nSPS) is 11.5. The molecule has 0 saturated carbocycles.